The van der Waals surface area contributed by atoms with E-state index in [-0.39, 0.29) is 5.91 Å². The highest BCUT2D eigenvalue weighted by atomic mass is 79.9. The van der Waals surface area contributed by atoms with Crippen LogP contribution in [-0.2, 0) is 11.3 Å². The first-order valence-electron chi connectivity index (χ1n) is 7.50. The zero-order valence-corrected chi connectivity index (χ0v) is 14.2. The van der Waals surface area contributed by atoms with E-state index in [9.17, 15) is 4.79 Å². The molecule has 1 heterocycles. The van der Waals surface area contributed by atoms with Gasteiger partial charge >= 0.3 is 0 Å². The number of carbonyl (C=O) groups is 1. The van der Waals surface area contributed by atoms with Crippen molar-refractivity contribution < 1.29 is 4.79 Å². The van der Waals surface area contributed by atoms with Gasteiger partial charge in [0.05, 0.1) is 6.54 Å². The van der Waals surface area contributed by atoms with Crippen molar-refractivity contribution in [2.45, 2.75) is 19.4 Å². The molecule has 21 heavy (non-hydrogen) atoms. The van der Waals surface area contributed by atoms with E-state index in [1.165, 1.54) is 0 Å². The number of benzene rings is 1. The number of piperidine rings is 1. The number of likely N-dealkylation sites (N-methyl/N-ethyl adjacent to an activating group) is 1. The van der Waals surface area contributed by atoms with Gasteiger partial charge in [0.15, 0.2) is 0 Å². The Hall–Kier alpha value is -0.910. The summed E-state index contributed by atoms with van der Waals surface area (Å²) in [4.78, 5) is 16.4. The van der Waals surface area contributed by atoms with Gasteiger partial charge in [-0.15, -0.1) is 0 Å². The van der Waals surface area contributed by atoms with E-state index in [0.717, 1.165) is 42.5 Å². The van der Waals surface area contributed by atoms with Crippen LogP contribution in [-0.4, -0.2) is 48.9 Å². The minimum absolute atomic E-state index is 0.178. The number of hydrogen-bond donors (Lipinski definition) is 1. The summed E-state index contributed by atoms with van der Waals surface area (Å²) in [6, 6.07) is 8.03. The fourth-order valence-electron chi connectivity index (χ4n) is 2.66. The highest BCUT2D eigenvalue weighted by molar-refractivity contribution is 9.10. The normalized spacial score (nSPS) is 16.9. The number of hydrogen-bond acceptors (Lipinski definition) is 3. The number of nitrogens with zero attached hydrogens (tertiary/aromatic N) is 2. The van der Waals surface area contributed by atoms with Gasteiger partial charge in [-0.25, -0.2) is 0 Å². The first-order chi connectivity index (χ1) is 10.1. The third kappa shape index (κ3) is 4.80. The zero-order valence-electron chi connectivity index (χ0n) is 12.6. The summed E-state index contributed by atoms with van der Waals surface area (Å²) in [5.74, 6) is 0.811. The second kappa shape index (κ2) is 7.92. The maximum atomic E-state index is 12.3. The molecule has 116 valence electrons. The molecule has 1 amide bonds. The molecular weight excluding hydrogens is 330 g/mol. The lowest BCUT2D eigenvalue weighted by Crippen LogP contribution is -2.42. The van der Waals surface area contributed by atoms with Crippen LogP contribution in [0.3, 0.4) is 0 Å². The Morgan fingerprint density at radius 1 is 1.38 bits per heavy atom. The molecule has 4 nitrogen and oxygen atoms in total. The third-order valence-electron chi connectivity index (χ3n) is 4.19. The molecule has 0 radical (unpaired) electrons. The van der Waals surface area contributed by atoms with Crippen molar-refractivity contribution in [1.29, 1.82) is 0 Å². The van der Waals surface area contributed by atoms with Crippen molar-refractivity contribution in [2.75, 3.05) is 33.2 Å². The van der Waals surface area contributed by atoms with Gasteiger partial charge < -0.3 is 10.6 Å². The monoisotopic (exact) mass is 353 g/mol. The van der Waals surface area contributed by atoms with Gasteiger partial charge in [0.2, 0.25) is 5.91 Å². The highest BCUT2D eigenvalue weighted by Gasteiger charge is 2.21. The summed E-state index contributed by atoms with van der Waals surface area (Å²) in [5.41, 5.74) is 6.83. The standard InChI is InChI=1S/C16H24BrN3O/c1-19(11-14-4-2-3-5-15(14)17)16(21)12-20-8-6-13(10-18)7-9-20/h2-5,13H,6-12,18H2,1H3. The first kappa shape index (κ1) is 16.5. The number of amides is 1. The lowest BCUT2D eigenvalue weighted by Gasteiger charge is -2.32. The van der Waals surface area contributed by atoms with Crippen molar-refractivity contribution in [3.8, 4) is 0 Å². The summed E-state index contributed by atoms with van der Waals surface area (Å²) in [7, 11) is 1.87. The minimum atomic E-state index is 0.178. The maximum Gasteiger partial charge on any atom is 0.236 e. The quantitative estimate of drug-likeness (QED) is 0.881. The van der Waals surface area contributed by atoms with Crippen LogP contribution in [0, 0.1) is 5.92 Å². The zero-order chi connectivity index (χ0) is 15.2. The van der Waals surface area contributed by atoms with Crippen molar-refractivity contribution in [2.24, 2.45) is 11.7 Å². The van der Waals surface area contributed by atoms with Gasteiger partial charge in [-0.05, 0) is 50.0 Å². The summed E-state index contributed by atoms with van der Waals surface area (Å²) >= 11 is 3.53. The lowest BCUT2D eigenvalue weighted by molar-refractivity contribution is -0.132. The minimum Gasteiger partial charge on any atom is -0.340 e. The number of nitrogens with two attached hydrogens (primary N) is 1. The van der Waals surface area contributed by atoms with E-state index >= 15 is 0 Å². The van der Waals surface area contributed by atoms with E-state index < -0.39 is 0 Å². The number of halogens is 1. The van der Waals surface area contributed by atoms with Gasteiger partial charge in [-0.2, -0.15) is 0 Å². The second-order valence-electron chi connectivity index (χ2n) is 5.80. The van der Waals surface area contributed by atoms with Gasteiger partial charge in [0.25, 0.3) is 0 Å². The fourth-order valence-corrected chi connectivity index (χ4v) is 3.07. The van der Waals surface area contributed by atoms with Crippen LogP contribution in [0.25, 0.3) is 0 Å². The maximum absolute atomic E-state index is 12.3. The number of carbonyl (C=O) groups excluding carboxylic acids is 1. The van der Waals surface area contributed by atoms with Gasteiger partial charge in [-0.3, -0.25) is 9.69 Å². The van der Waals surface area contributed by atoms with Crippen LogP contribution in [0.5, 0.6) is 0 Å². The van der Waals surface area contributed by atoms with Crippen molar-refractivity contribution in [3.63, 3.8) is 0 Å². The summed E-state index contributed by atoms with van der Waals surface area (Å²) < 4.78 is 1.05. The molecule has 0 aromatic heterocycles. The molecule has 5 heteroatoms. The molecule has 0 aliphatic carbocycles. The molecule has 1 aliphatic rings. The van der Waals surface area contributed by atoms with Gasteiger partial charge in [-0.1, -0.05) is 34.1 Å². The molecule has 2 N–H and O–H groups in total. The Morgan fingerprint density at radius 2 is 2.05 bits per heavy atom. The molecule has 1 saturated heterocycles. The average molecular weight is 354 g/mol. The Bertz CT molecular complexity index is 472. The molecular formula is C16H24BrN3O. The number of likely N-dealkylation sites (tertiary alicyclic amines) is 1. The molecule has 0 bridgehead atoms. The molecule has 1 aromatic carbocycles. The topological polar surface area (TPSA) is 49.6 Å². The fraction of sp³-hybridized carbons (Fsp3) is 0.562. The Morgan fingerprint density at radius 3 is 2.67 bits per heavy atom. The van der Waals surface area contributed by atoms with Crippen LogP contribution < -0.4 is 5.73 Å². The smallest absolute Gasteiger partial charge is 0.236 e. The molecule has 2 rings (SSSR count). The molecule has 1 aromatic rings. The Kier molecular flexibility index (Phi) is 6.21. The lowest BCUT2D eigenvalue weighted by atomic mass is 9.97. The van der Waals surface area contributed by atoms with Gasteiger partial charge in [0, 0.05) is 18.1 Å². The van der Waals surface area contributed by atoms with E-state index in [2.05, 4.69) is 20.8 Å². The predicted molar refractivity (Wildman–Crippen MR) is 88.8 cm³/mol. The third-order valence-corrected chi connectivity index (χ3v) is 4.96. The SMILES string of the molecule is CN(Cc1ccccc1Br)C(=O)CN1CCC(CN)CC1. The van der Waals surface area contributed by atoms with Crippen LogP contribution in [0.1, 0.15) is 18.4 Å². The first-order valence-corrected chi connectivity index (χ1v) is 8.29. The number of rotatable bonds is 5. The highest BCUT2D eigenvalue weighted by Crippen LogP contribution is 2.18. The molecule has 0 atom stereocenters. The second-order valence-corrected chi connectivity index (χ2v) is 6.65. The van der Waals surface area contributed by atoms with Gasteiger partial charge in [0.1, 0.15) is 0 Å². The summed E-state index contributed by atoms with van der Waals surface area (Å²) in [6.07, 6.45) is 2.22. The van der Waals surface area contributed by atoms with Crippen molar-refractivity contribution >= 4 is 21.8 Å². The van der Waals surface area contributed by atoms with Crippen LogP contribution in [0.4, 0.5) is 0 Å². The summed E-state index contributed by atoms with van der Waals surface area (Å²) in [5, 5.41) is 0. The molecule has 0 saturated carbocycles. The average Bonchev–Trinajstić information content (AvgIpc) is 2.50. The van der Waals surface area contributed by atoms with E-state index in [0.29, 0.717) is 19.0 Å². The van der Waals surface area contributed by atoms with Crippen LogP contribution >= 0.6 is 15.9 Å². The molecule has 1 aliphatic heterocycles. The van der Waals surface area contributed by atoms with Crippen LogP contribution in [0.15, 0.2) is 28.7 Å². The van der Waals surface area contributed by atoms with Crippen LogP contribution in [0.2, 0.25) is 0 Å². The summed E-state index contributed by atoms with van der Waals surface area (Å²) in [6.45, 7) is 3.88. The Balaban J connectivity index is 1.82. The molecule has 0 spiro atoms. The van der Waals surface area contributed by atoms with Crippen molar-refractivity contribution in [3.05, 3.63) is 34.3 Å². The van der Waals surface area contributed by atoms with E-state index in [1.54, 1.807) is 4.90 Å². The van der Waals surface area contributed by atoms with E-state index in [1.807, 2.05) is 31.3 Å². The predicted octanol–water partition coefficient (Wildman–Crippen LogP) is 2.08. The largest absolute Gasteiger partial charge is 0.340 e. The molecule has 0 unspecified atom stereocenters. The van der Waals surface area contributed by atoms with E-state index in [4.69, 9.17) is 5.73 Å². The van der Waals surface area contributed by atoms with Crippen molar-refractivity contribution in [1.82, 2.24) is 9.80 Å². The molecule has 1 fully saturated rings. The Labute approximate surface area is 135 Å².